The Bertz CT molecular complexity index is 807. The lowest BCUT2D eigenvalue weighted by Gasteiger charge is -2.09. The smallest absolute Gasteiger partial charge is 0.227 e. The Morgan fingerprint density at radius 1 is 1.14 bits per heavy atom. The fourth-order valence-corrected chi connectivity index (χ4v) is 2.78. The fourth-order valence-electron chi connectivity index (χ4n) is 2.32. The van der Waals surface area contributed by atoms with Gasteiger partial charge in [0.05, 0.1) is 16.4 Å². The van der Waals surface area contributed by atoms with Crippen LogP contribution >= 0.6 is 23.2 Å². The molecule has 2 N–H and O–H groups in total. The second-order valence-corrected chi connectivity index (χ2v) is 5.83. The average Bonchev–Trinajstić information content (AvgIpc) is 2.81. The lowest BCUT2D eigenvalue weighted by molar-refractivity contribution is 1.16. The molecular formula is C16H14Cl2N4. The first-order valence-electron chi connectivity index (χ1n) is 6.74. The zero-order valence-corrected chi connectivity index (χ0v) is 13.6. The van der Waals surface area contributed by atoms with Gasteiger partial charge in [-0.05, 0) is 43.7 Å². The number of aromatic nitrogens is 3. The van der Waals surface area contributed by atoms with E-state index >= 15 is 0 Å². The number of aromatic amines is 1. The van der Waals surface area contributed by atoms with E-state index in [0.29, 0.717) is 21.7 Å². The van der Waals surface area contributed by atoms with E-state index in [2.05, 4.69) is 20.3 Å². The average molecular weight is 333 g/mol. The van der Waals surface area contributed by atoms with E-state index in [-0.39, 0.29) is 0 Å². The number of nitrogens with one attached hydrogen (secondary N) is 2. The van der Waals surface area contributed by atoms with Gasteiger partial charge in [-0.25, -0.2) is 9.97 Å². The van der Waals surface area contributed by atoms with Gasteiger partial charge in [0.2, 0.25) is 5.95 Å². The number of aryl methyl sites for hydroxylation is 2. The second-order valence-electron chi connectivity index (χ2n) is 4.99. The van der Waals surface area contributed by atoms with Gasteiger partial charge in [-0.15, -0.1) is 0 Å². The highest BCUT2D eigenvalue weighted by molar-refractivity contribution is 6.36. The van der Waals surface area contributed by atoms with E-state index in [1.165, 1.54) is 0 Å². The molecule has 0 bridgehead atoms. The molecule has 0 aliphatic carbocycles. The zero-order valence-electron chi connectivity index (χ0n) is 12.1. The van der Waals surface area contributed by atoms with E-state index in [1.807, 2.05) is 26.1 Å². The molecule has 2 heterocycles. The number of halogens is 2. The van der Waals surface area contributed by atoms with E-state index in [1.54, 1.807) is 24.4 Å². The van der Waals surface area contributed by atoms with E-state index < -0.39 is 0 Å². The molecule has 4 nitrogen and oxygen atoms in total. The number of nitrogens with zero attached hydrogens (tertiary/aromatic N) is 2. The van der Waals surface area contributed by atoms with Gasteiger partial charge in [-0.3, -0.25) is 0 Å². The van der Waals surface area contributed by atoms with Crippen molar-refractivity contribution in [3.63, 3.8) is 0 Å². The summed E-state index contributed by atoms with van der Waals surface area (Å²) in [5.74, 6) is 0.488. The Balaban J connectivity index is 1.95. The molecule has 3 rings (SSSR count). The maximum Gasteiger partial charge on any atom is 0.227 e. The van der Waals surface area contributed by atoms with Crippen molar-refractivity contribution in [2.75, 3.05) is 5.32 Å². The second kappa shape index (κ2) is 5.99. The molecule has 0 atom stereocenters. The van der Waals surface area contributed by atoms with Crippen LogP contribution in [0, 0.1) is 13.8 Å². The third-order valence-corrected chi connectivity index (χ3v) is 3.91. The van der Waals surface area contributed by atoms with Crippen molar-refractivity contribution in [2.24, 2.45) is 0 Å². The molecule has 2 aromatic heterocycles. The van der Waals surface area contributed by atoms with Crippen LogP contribution in [0.15, 0.2) is 36.7 Å². The molecule has 0 radical (unpaired) electrons. The molecule has 0 fully saturated rings. The van der Waals surface area contributed by atoms with Crippen molar-refractivity contribution in [1.29, 1.82) is 0 Å². The minimum absolute atomic E-state index is 0.488. The summed E-state index contributed by atoms with van der Waals surface area (Å²) in [6.45, 7) is 4.07. The third-order valence-electron chi connectivity index (χ3n) is 3.36. The topological polar surface area (TPSA) is 53.6 Å². The predicted molar refractivity (Wildman–Crippen MR) is 91.0 cm³/mol. The van der Waals surface area contributed by atoms with Crippen molar-refractivity contribution in [1.82, 2.24) is 15.0 Å². The van der Waals surface area contributed by atoms with E-state index in [9.17, 15) is 0 Å². The maximum absolute atomic E-state index is 6.16. The van der Waals surface area contributed by atoms with Crippen LogP contribution in [-0.2, 0) is 0 Å². The van der Waals surface area contributed by atoms with Gasteiger partial charge in [-0.2, -0.15) is 0 Å². The van der Waals surface area contributed by atoms with E-state index in [0.717, 1.165) is 22.5 Å². The summed E-state index contributed by atoms with van der Waals surface area (Å²) in [6.07, 6.45) is 3.69. The molecule has 0 amide bonds. The summed E-state index contributed by atoms with van der Waals surface area (Å²) in [4.78, 5) is 12.0. The molecule has 0 spiro atoms. The SMILES string of the molecule is Cc1c[nH]c(C)c1-c1ccnc(Nc2ccc(Cl)cc2Cl)n1. The van der Waals surface area contributed by atoms with Gasteiger partial charge in [0.25, 0.3) is 0 Å². The summed E-state index contributed by atoms with van der Waals surface area (Å²) in [5, 5.41) is 4.23. The number of hydrogen-bond donors (Lipinski definition) is 2. The Hall–Kier alpha value is -2.04. The normalized spacial score (nSPS) is 10.7. The standard InChI is InChI=1S/C16H14Cl2N4/c1-9-8-20-10(2)15(9)14-5-6-19-16(22-14)21-13-4-3-11(17)7-12(13)18/h3-8,20H,1-2H3,(H,19,21,22). The Morgan fingerprint density at radius 2 is 1.95 bits per heavy atom. The summed E-state index contributed by atoms with van der Waals surface area (Å²) in [6, 6.07) is 7.13. The van der Waals surface area contributed by atoms with Crippen molar-refractivity contribution in [2.45, 2.75) is 13.8 Å². The van der Waals surface area contributed by atoms with Gasteiger partial charge in [0.15, 0.2) is 0 Å². The highest BCUT2D eigenvalue weighted by Gasteiger charge is 2.10. The predicted octanol–water partition coefficient (Wildman–Crippen LogP) is 5.14. The van der Waals surface area contributed by atoms with Crippen molar-refractivity contribution in [3.8, 4) is 11.3 Å². The first kappa shape index (κ1) is 14.9. The molecule has 22 heavy (non-hydrogen) atoms. The van der Waals surface area contributed by atoms with Crippen LogP contribution in [0.1, 0.15) is 11.3 Å². The quantitative estimate of drug-likeness (QED) is 0.698. The lowest BCUT2D eigenvalue weighted by atomic mass is 10.1. The number of benzene rings is 1. The fraction of sp³-hybridized carbons (Fsp3) is 0.125. The number of anilines is 2. The monoisotopic (exact) mass is 332 g/mol. The summed E-state index contributed by atoms with van der Waals surface area (Å²) >= 11 is 12.1. The first-order chi connectivity index (χ1) is 10.5. The van der Waals surface area contributed by atoms with Gasteiger partial charge in [0, 0.05) is 28.7 Å². The van der Waals surface area contributed by atoms with Gasteiger partial charge in [0.1, 0.15) is 0 Å². The molecule has 3 aromatic rings. The first-order valence-corrected chi connectivity index (χ1v) is 7.50. The van der Waals surface area contributed by atoms with Crippen LogP contribution in [-0.4, -0.2) is 15.0 Å². The largest absolute Gasteiger partial charge is 0.364 e. The number of hydrogen-bond acceptors (Lipinski definition) is 3. The van der Waals surface area contributed by atoms with Crippen LogP contribution < -0.4 is 5.32 Å². The molecule has 0 saturated heterocycles. The molecule has 0 saturated carbocycles. The summed E-state index contributed by atoms with van der Waals surface area (Å²) in [5.41, 5.74) is 4.88. The van der Waals surface area contributed by atoms with Crippen molar-refractivity contribution in [3.05, 3.63) is 58.0 Å². The maximum atomic E-state index is 6.16. The molecule has 0 unspecified atom stereocenters. The Labute approximate surface area is 138 Å². The van der Waals surface area contributed by atoms with Crippen molar-refractivity contribution >= 4 is 34.8 Å². The summed E-state index contributed by atoms with van der Waals surface area (Å²) < 4.78 is 0. The number of H-pyrrole nitrogens is 1. The van der Waals surface area contributed by atoms with E-state index in [4.69, 9.17) is 23.2 Å². The van der Waals surface area contributed by atoms with Crippen LogP contribution in [0.25, 0.3) is 11.3 Å². The molecule has 0 aliphatic rings. The highest BCUT2D eigenvalue weighted by atomic mass is 35.5. The summed E-state index contributed by atoms with van der Waals surface area (Å²) in [7, 11) is 0. The Kier molecular flexibility index (Phi) is 4.05. The van der Waals surface area contributed by atoms with Gasteiger partial charge >= 0.3 is 0 Å². The van der Waals surface area contributed by atoms with Crippen LogP contribution in [0.5, 0.6) is 0 Å². The molecule has 6 heteroatoms. The molecular weight excluding hydrogens is 319 g/mol. The van der Waals surface area contributed by atoms with Gasteiger partial charge in [-0.1, -0.05) is 23.2 Å². The van der Waals surface area contributed by atoms with Crippen LogP contribution in [0.3, 0.4) is 0 Å². The highest BCUT2D eigenvalue weighted by Crippen LogP contribution is 2.29. The minimum atomic E-state index is 0.488. The molecule has 0 aliphatic heterocycles. The number of rotatable bonds is 3. The van der Waals surface area contributed by atoms with Gasteiger partial charge < -0.3 is 10.3 Å². The van der Waals surface area contributed by atoms with Crippen LogP contribution in [0.4, 0.5) is 11.6 Å². The van der Waals surface area contributed by atoms with Crippen LogP contribution in [0.2, 0.25) is 10.0 Å². The zero-order chi connectivity index (χ0) is 15.7. The van der Waals surface area contributed by atoms with Crippen molar-refractivity contribution < 1.29 is 0 Å². The lowest BCUT2D eigenvalue weighted by Crippen LogP contribution is -1.99. The third kappa shape index (κ3) is 2.93. The molecule has 112 valence electrons. The minimum Gasteiger partial charge on any atom is -0.364 e. The Morgan fingerprint density at radius 3 is 2.64 bits per heavy atom. The molecule has 1 aromatic carbocycles.